The molecule has 0 bridgehead atoms. The number of ether oxygens (including phenoxy) is 2. The average molecular weight is 402 g/mol. The third-order valence-electron chi connectivity index (χ3n) is 5.42. The van der Waals surface area contributed by atoms with Crippen molar-refractivity contribution >= 4 is 17.5 Å². The zero-order valence-electron chi connectivity index (χ0n) is 15.6. The molecule has 0 radical (unpaired) electrons. The number of fused-ring (bicyclic) bond motifs is 2. The first-order valence-corrected chi connectivity index (χ1v) is 10.1. The van der Waals surface area contributed by atoms with Crippen molar-refractivity contribution in [2.24, 2.45) is 5.92 Å². The van der Waals surface area contributed by atoms with Gasteiger partial charge in [-0.3, -0.25) is 4.79 Å². The fraction of sp³-hybridized carbons (Fsp3) is 0.409. The van der Waals surface area contributed by atoms with Crippen LogP contribution in [0.15, 0.2) is 36.4 Å². The third-order valence-corrected chi connectivity index (χ3v) is 5.70. The summed E-state index contributed by atoms with van der Waals surface area (Å²) in [6, 6.07) is 11.5. The van der Waals surface area contributed by atoms with E-state index in [1.807, 2.05) is 24.3 Å². The molecule has 2 N–H and O–H groups in total. The van der Waals surface area contributed by atoms with Gasteiger partial charge in [-0.15, -0.1) is 0 Å². The summed E-state index contributed by atoms with van der Waals surface area (Å²) in [5.41, 5.74) is 3.10. The number of rotatable bonds is 4. The molecule has 2 atom stereocenters. The monoisotopic (exact) mass is 401 g/mol. The summed E-state index contributed by atoms with van der Waals surface area (Å²) in [7, 11) is 0. The van der Waals surface area contributed by atoms with Gasteiger partial charge < -0.3 is 19.9 Å². The number of carbonyl (C=O) groups is 1. The van der Waals surface area contributed by atoms with Crippen LogP contribution in [0.3, 0.4) is 0 Å². The molecule has 0 saturated heterocycles. The van der Waals surface area contributed by atoms with E-state index in [-0.39, 0.29) is 30.9 Å². The van der Waals surface area contributed by atoms with E-state index < -0.39 is 0 Å². The lowest BCUT2D eigenvalue weighted by atomic mass is 9.80. The average Bonchev–Trinajstić information content (AvgIpc) is 2.94. The molecule has 1 aliphatic heterocycles. The molecule has 5 nitrogen and oxygen atoms in total. The minimum atomic E-state index is -0.182. The van der Waals surface area contributed by atoms with Crippen molar-refractivity contribution in [3.63, 3.8) is 0 Å². The molecule has 1 heterocycles. The topological polar surface area (TPSA) is 67.8 Å². The molecule has 28 heavy (non-hydrogen) atoms. The highest BCUT2D eigenvalue weighted by atomic mass is 35.5. The number of nitrogens with one attached hydrogen (secondary N) is 1. The molecule has 0 saturated carbocycles. The van der Waals surface area contributed by atoms with Gasteiger partial charge in [0.1, 0.15) is 0 Å². The Morgan fingerprint density at radius 2 is 2.04 bits per heavy atom. The first-order chi connectivity index (χ1) is 13.7. The summed E-state index contributed by atoms with van der Waals surface area (Å²) in [6.07, 6.45) is 2.76. The van der Waals surface area contributed by atoms with Crippen LogP contribution in [0, 0.1) is 5.92 Å². The van der Waals surface area contributed by atoms with Crippen LogP contribution in [0.25, 0.3) is 0 Å². The highest BCUT2D eigenvalue weighted by Crippen LogP contribution is 2.38. The summed E-state index contributed by atoms with van der Waals surface area (Å²) in [5, 5.41) is 13.4. The number of halogens is 1. The summed E-state index contributed by atoms with van der Waals surface area (Å²) in [6.45, 7) is 1.18. The number of amides is 1. The van der Waals surface area contributed by atoms with Crippen LogP contribution in [-0.2, 0) is 17.6 Å². The molecule has 0 aromatic heterocycles. The molecular weight excluding hydrogens is 378 g/mol. The Morgan fingerprint density at radius 1 is 1.21 bits per heavy atom. The molecule has 0 spiro atoms. The molecule has 0 fully saturated rings. The van der Waals surface area contributed by atoms with Crippen LogP contribution in [0.1, 0.15) is 35.6 Å². The fourth-order valence-corrected chi connectivity index (χ4v) is 4.30. The van der Waals surface area contributed by atoms with Crippen LogP contribution in [-0.4, -0.2) is 30.8 Å². The summed E-state index contributed by atoms with van der Waals surface area (Å²) < 4.78 is 11.4. The van der Waals surface area contributed by atoms with Crippen LogP contribution >= 0.6 is 11.6 Å². The normalized spacial score (nSPS) is 20.8. The molecule has 2 aromatic carbocycles. The van der Waals surface area contributed by atoms with Gasteiger partial charge in [-0.25, -0.2) is 0 Å². The van der Waals surface area contributed by atoms with Crippen molar-refractivity contribution in [3.8, 4) is 11.5 Å². The third kappa shape index (κ3) is 3.96. The second-order valence-corrected chi connectivity index (χ2v) is 7.76. The van der Waals surface area contributed by atoms with Crippen molar-refractivity contribution in [1.82, 2.24) is 5.32 Å². The maximum absolute atomic E-state index is 12.8. The van der Waals surface area contributed by atoms with E-state index in [1.54, 1.807) is 6.07 Å². The zero-order chi connectivity index (χ0) is 19.5. The van der Waals surface area contributed by atoms with Crippen LogP contribution in [0.5, 0.6) is 11.5 Å². The molecule has 1 amide bonds. The van der Waals surface area contributed by atoms with E-state index >= 15 is 0 Å². The Morgan fingerprint density at radius 3 is 2.89 bits per heavy atom. The Hall–Kier alpha value is -2.24. The van der Waals surface area contributed by atoms with Crippen LogP contribution < -0.4 is 14.8 Å². The van der Waals surface area contributed by atoms with Gasteiger partial charge in [-0.2, -0.15) is 0 Å². The number of hydrogen-bond donors (Lipinski definition) is 2. The summed E-state index contributed by atoms with van der Waals surface area (Å²) in [5.74, 6) is 1.05. The summed E-state index contributed by atoms with van der Waals surface area (Å²) in [4.78, 5) is 12.8. The highest BCUT2D eigenvalue weighted by Gasteiger charge is 2.30. The largest absolute Gasteiger partial charge is 0.489 e. The number of carbonyl (C=O) groups excluding carboxylic acids is 1. The Bertz CT molecular complexity index is 870. The van der Waals surface area contributed by atoms with Gasteiger partial charge in [0.2, 0.25) is 5.91 Å². The minimum Gasteiger partial charge on any atom is -0.489 e. The standard InChI is InChI=1S/C22H24ClNO4/c23-18-10-14(11-19-22(18)28-9-3-8-27-19)12-20(26)24-21-16(13-25)7-6-15-4-1-2-5-17(15)21/h1-2,4-5,10-11,16,21,25H,3,6-9,12-13H2,(H,24,26)/t16-,21-/m1/s1. The second kappa shape index (κ2) is 8.41. The van der Waals surface area contributed by atoms with Gasteiger partial charge in [0.15, 0.2) is 11.5 Å². The summed E-state index contributed by atoms with van der Waals surface area (Å²) >= 11 is 6.34. The number of aliphatic hydroxyl groups is 1. The smallest absolute Gasteiger partial charge is 0.224 e. The minimum absolute atomic E-state index is 0.0196. The molecule has 6 heteroatoms. The number of hydrogen-bond acceptors (Lipinski definition) is 4. The van der Waals surface area contributed by atoms with E-state index in [9.17, 15) is 9.90 Å². The van der Waals surface area contributed by atoms with Gasteiger partial charge in [0.25, 0.3) is 0 Å². The van der Waals surface area contributed by atoms with E-state index in [1.165, 1.54) is 5.56 Å². The lowest BCUT2D eigenvalue weighted by Gasteiger charge is -2.33. The lowest BCUT2D eigenvalue weighted by molar-refractivity contribution is -0.121. The van der Waals surface area contributed by atoms with Crippen LogP contribution in [0.4, 0.5) is 0 Å². The molecule has 2 aliphatic rings. The molecular formula is C22H24ClNO4. The number of aryl methyl sites for hydroxylation is 1. The van der Waals surface area contributed by atoms with E-state index in [4.69, 9.17) is 21.1 Å². The van der Waals surface area contributed by atoms with Crippen molar-refractivity contribution in [1.29, 1.82) is 0 Å². The zero-order valence-corrected chi connectivity index (χ0v) is 16.4. The Kier molecular flexibility index (Phi) is 5.74. The first-order valence-electron chi connectivity index (χ1n) is 9.71. The Labute approximate surface area is 169 Å². The predicted octanol–water partition coefficient (Wildman–Crippen LogP) is 3.46. The number of aliphatic hydroxyl groups excluding tert-OH is 1. The van der Waals surface area contributed by atoms with E-state index in [0.29, 0.717) is 29.7 Å². The molecule has 1 aliphatic carbocycles. The molecule has 0 unspecified atom stereocenters. The van der Waals surface area contributed by atoms with E-state index in [2.05, 4.69) is 11.4 Å². The van der Waals surface area contributed by atoms with Crippen molar-refractivity contribution in [2.75, 3.05) is 19.8 Å². The SMILES string of the molecule is O=C(Cc1cc(Cl)c2c(c1)OCCCO2)N[C@H]1c2ccccc2CC[C@@H]1CO. The maximum Gasteiger partial charge on any atom is 0.224 e. The van der Waals surface area contributed by atoms with Crippen molar-refractivity contribution in [2.45, 2.75) is 31.7 Å². The molecule has 2 aromatic rings. The Balaban J connectivity index is 1.51. The fourth-order valence-electron chi connectivity index (χ4n) is 4.02. The first kappa shape index (κ1) is 19.1. The molecule has 148 valence electrons. The van der Waals surface area contributed by atoms with E-state index in [0.717, 1.165) is 30.4 Å². The van der Waals surface area contributed by atoms with Crippen molar-refractivity contribution < 1.29 is 19.4 Å². The predicted molar refractivity (Wildman–Crippen MR) is 107 cm³/mol. The molecule has 4 rings (SSSR count). The maximum atomic E-state index is 12.8. The lowest BCUT2D eigenvalue weighted by Crippen LogP contribution is -2.38. The highest BCUT2D eigenvalue weighted by molar-refractivity contribution is 6.32. The quantitative estimate of drug-likeness (QED) is 0.823. The second-order valence-electron chi connectivity index (χ2n) is 7.36. The number of benzene rings is 2. The van der Waals surface area contributed by atoms with Gasteiger partial charge in [-0.1, -0.05) is 35.9 Å². The van der Waals surface area contributed by atoms with Gasteiger partial charge in [0, 0.05) is 18.9 Å². The van der Waals surface area contributed by atoms with Gasteiger partial charge in [-0.05, 0) is 41.7 Å². The van der Waals surface area contributed by atoms with Crippen LogP contribution in [0.2, 0.25) is 5.02 Å². The van der Waals surface area contributed by atoms with Gasteiger partial charge >= 0.3 is 0 Å². The van der Waals surface area contributed by atoms with Crippen molar-refractivity contribution in [3.05, 3.63) is 58.1 Å². The van der Waals surface area contributed by atoms with Gasteiger partial charge in [0.05, 0.1) is 30.7 Å².